The van der Waals surface area contributed by atoms with Crippen molar-refractivity contribution in [3.05, 3.63) is 0 Å². The van der Waals surface area contributed by atoms with Gasteiger partial charge in [-0.05, 0) is 19.3 Å². The molecule has 0 amide bonds. The van der Waals surface area contributed by atoms with Gasteiger partial charge in [0.05, 0.1) is 5.60 Å². The molecule has 0 aliphatic carbocycles. The SMILES string of the molecule is CC[C@@](O)(CN)CCCO. The third kappa shape index (κ3) is 3.15. The summed E-state index contributed by atoms with van der Waals surface area (Å²) in [6.45, 7) is 2.30. The maximum Gasteiger partial charge on any atom is 0.0767 e. The van der Waals surface area contributed by atoms with Crippen LogP contribution in [0.25, 0.3) is 0 Å². The van der Waals surface area contributed by atoms with E-state index in [-0.39, 0.29) is 13.2 Å². The number of aliphatic hydroxyl groups is 2. The zero-order chi connectivity index (χ0) is 8.04. The average molecular weight is 147 g/mol. The van der Waals surface area contributed by atoms with Gasteiger partial charge in [0.1, 0.15) is 0 Å². The lowest BCUT2D eigenvalue weighted by molar-refractivity contribution is 0.0299. The van der Waals surface area contributed by atoms with Gasteiger partial charge in [0.15, 0.2) is 0 Å². The van der Waals surface area contributed by atoms with Gasteiger partial charge in [-0.1, -0.05) is 6.92 Å². The van der Waals surface area contributed by atoms with Gasteiger partial charge in [0, 0.05) is 13.2 Å². The van der Waals surface area contributed by atoms with Crippen LogP contribution < -0.4 is 5.73 Å². The van der Waals surface area contributed by atoms with E-state index < -0.39 is 5.60 Å². The van der Waals surface area contributed by atoms with Gasteiger partial charge in [0.25, 0.3) is 0 Å². The van der Waals surface area contributed by atoms with E-state index in [0.29, 0.717) is 19.3 Å². The molecule has 0 unspecified atom stereocenters. The highest BCUT2D eigenvalue weighted by Crippen LogP contribution is 2.14. The molecule has 4 N–H and O–H groups in total. The van der Waals surface area contributed by atoms with E-state index >= 15 is 0 Å². The molecule has 3 heteroatoms. The van der Waals surface area contributed by atoms with E-state index in [1.54, 1.807) is 0 Å². The summed E-state index contributed by atoms with van der Waals surface area (Å²) in [6, 6.07) is 0. The molecule has 62 valence electrons. The molecule has 0 heterocycles. The lowest BCUT2D eigenvalue weighted by atomic mass is 9.95. The maximum atomic E-state index is 9.52. The standard InChI is InChI=1S/C7H17NO2/c1-2-7(10,6-8)4-3-5-9/h9-10H,2-6,8H2,1H3/t7-/m0/s1. The Balaban J connectivity index is 3.58. The minimum Gasteiger partial charge on any atom is -0.396 e. The van der Waals surface area contributed by atoms with Crippen LogP contribution in [-0.4, -0.2) is 29.0 Å². The smallest absolute Gasteiger partial charge is 0.0767 e. The van der Waals surface area contributed by atoms with Crippen LogP contribution in [0, 0.1) is 0 Å². The van der Waals surface area contributed by atoms with Crippen molar-refractivity contribution in [2.45, 2.75) is 31.8 Å². The highest BCUT2D eigenvalue weighted by atomic mass is 16.3. The Kier molecular flexibility index (Phi) is 4.60. The second kappa shape index (κ2) is 4.66. The molecule has 0 rings (SSSR count). The molecule has 0 aromatic carbocycles. The van der Waals surface area contributed by atoms with Gasteiger partial charge in [-0.15, -0.1) is 0 Å². The normalized spacial score (nSPS) is 16.8. The van der Waals surface area contributed by atoms with Crippen molar-refractivity contribution < 1.29 is 10.2 Å². The minimum absolute atomic E-state index is 0.127. The molecule has 0 spiro atoms. The van der Waals surface area contributed by atoms with Crippen LogP contribution in [0.4, 0.5) is 0 Å². The van der Waals surface area contributed by atoms with Crippen LogP contribution in [0.15, 0.2) is 0 Å². The lowest BCUT2D eigenvalue weighted by Gasteiger charge is -2.24. The van der Waals surface area contributed by atoms with Gasteiger partial charge in [-0.3, -0.25) is 0 Å². The van der Waals surface area contributed by atoms with Crippen LogP contribution in [-0.2, 0) is 0 Å². The second-order valence-corrected chi connectivity index (χ2v) is 2.61. The Morgan fingerprint density at radius 2 is 2.10 bits per heavy atom. The number of nitrogens with two attached hydrogens (primary N) is 1. The summed E-state index contributed by atoms with van der Waals surface area (Å²) >= 11 is 0. The van der Waals surface area contributed by atoms with E-state index in [0.717, 1.165) is 0 Å². The summed E-state index contributed by atoms with van der Waals surface area (Å²) in [5.74, 6) is 0. The van der Waals surface area contributed by atoms with Crippen molar-refractivity contribution in [3.63, 3.8) is 0 Å². The summed E-state index contributed by atoms with van der Waals surface area (Å²) in [5.41, 5.74) is 4.58. The second-order valence-electron chi connectivity index (χ2n) is 2.61. The Morgan fingerprint density at radius 1 is 1.50 bits per heavy atom. The van der Waals surface area contributed by atoms with Crippen molar-refractivity contribution >= 4 is 0 Å². The van der Waals surface area contributed by atoms with Gasteiger partial charge < -0.3 is 15.9 Å². The van der Waals surface area contributed by atoms with Crippen LogP contribution in [0.3, 0.4) is 0 Å². The fourth-order valence-corrected chi connectivity index (χ4v) is 0.831. The topological polar surface area (TPSA) is 66.5 Å². The molecule has 0 aliphatic heterocycles. The fourth-order valence-electron chi connectivity index (χ4n) is 0.831. The third-order valence-electron chi connectivity index (χ3n) is 1.84. The highest BCUT2D eigenvalue weighted by molar-refractivity contribution is 4.76. The number of hydrogen-bond donors (Lipinski definition) is 3. The quantitative estimate of drug-likeness (QED) is 0.507. The molecule has 1 atom stereocenters. The molecule has 0 fully saturated rings. The number of aliphatic hydroxyl groups excluding tert-OH is 1. The summed E-state index contributed by atoms with van der Waals surface area (Å²) in [7, 11) is 0. The van der Waals surface area contributed by atoms with E-state index in [1.165, 1.54) is 0 Å². The molecule has 10 heavy (non-hydrogen) atoms. The largest absolute Gasteiger partial charge is 0.396 e. The van der Waals surface area contributed by atoms with Crippen molar-refractivity contribution in [2.24, 2.45) is 5.73 Å². The van der Waals surface area contributed by atoms with Crippen LogP contribution in [0.5, 0.6) is 0 Å². The van der Waals surface area contributed by atoms with Gasteiger partial charge >= 0.3 is 0 Å². The van der Waals surface area contributed by atoms with Gasteiger partial charge in [-0.25, -0.2) is 0 Å². The van der Waals surface area contributed by atoms with Crippen LogP contribution >= 0.6 is 0 Å². The molecule has 0 aromatic heterocycles. The monoisotopic (exact) mass is 147 g/mol. The van der Waals surface area contributed by atoms with Gasteiger partial charge in [-0.2, -0.15) is 0 Å². The summed E-state index contributed by atoms with van der Waals surface area (Å²) in [5, 5.41) is 18.0. The van der Waals surface area contributed by atoms with Crippen molar-refractivity contribution in [2.75, 3.05) is 13.2 Å². The summed E-state index contributed by atoms with van der Waals surface area (Å²) in [4.78, 5) is 0. The van der Waals surface area contributed by atoms with Crippen LogP contribution in [0.1, 0.15) is 26.2 Å². The molecular weight excluding hydrogens is 130 g/mol. The zero-order valence-corrected chi connectivity index (χ0v) is 6.51. The summed E-state index contributed by atoms with van der Waals surface area (Å²) in [6.07, 6.45) is 1.88. The molecule has 0 aliphatic rings. The van der Waals surface area contributed by atoms with E-state index in [1.807, 2.05) is 6.92 Å². The number of hydrogen-bond acceptors (Lipinski definition) is 3. The average Bonchev–Trinajstić information content (AvgIpc) is 2.00. The number of rotatable bonds is 5. The Morgan fingerprint density at radius 3 is 2.40 bits per heavy atom. The van der Waals surface area contributed by atoms with Crippen molar-refractivity contribution in [1.29, 1.82) is 0 Å². The molecule has 0 radical (unpaired) electrons. The molecule has 3 nitrogen and oxygen atoms in total. The fraction of sp³-hybridized carbons (Fsp3) is 1.00. The van der Waals surface area contributed by atoms with E-state index in [2.05, 4.69) is 0 Å². The Labute approximate surface area is 61.9 Å². The highest BCUT2D eigenvalue weighted by Gasteiger charge is 2.21. The minimum atomic E-state index is -0.747. The summed E-state index contributed by atoms with van der Waals surface area (Å²) < 4.78 is 0. The van der Waals surface area contributed by atoms with Gasteiger partial charge in [0.2, 0.25) is 0 Å². The lowest BCUT2D eigenvalue weighted by Crippen LogP contribution is -2.37. The Bertz CT molecular complexity index is 81.7. The Hall–Kier alpha value is -0.120. The molecule has 0 saturated heterocycles. The maximum absolute atomic E-state index is 9.52. The van der Waals surface area contributed by atoms with E-state index in [9.17, 15) is 5.11 Å². The first-order chi connectivity index (χ1) is 4.68. The first kappa shape index (κ1) is 9.88. The van der Waals surface area contributed by atoms with Crippen molar-refractivity contribution in [1.82, 2.24) is 0 Å². The third-order valence-corrected chi connectivity index (χ3v) is 1.84. The van der Waals surface area contributed by atoms with Crippen molar-refractivity contribution in [3.8, 4) is 0 Å². The molecule has 0 aromatic rings. The van der Waals surface area contributed by atoms with E-state index in [4.69, 9.17) is 10.8 Å². The molecular formula is C7H17NO2. The predicted octanol–water partition coefficient (Wildman–Crippen LogP) is -0.141. The molecule has 0 bridgehead atoms. The first-order valence-electron chi connectivity index (χ1n) is 3.72. The van der Waals surface area contributed by atoms with Crippen LogP contribution in [0.2, 0.25) is 0 Å². The zero-order valence-electron chi connectivity index (χ0n) is 6.51. The molecule has 0 saturated carbocycles. The first-order valence-corrected chi connectivity index (χ1v) is 3.72. The predicted molar refractivity (Wildman–Crippen MR) is 40.6 cm³/mol.